The summed E-state index contributed by atoms with van der Waals surface area (Å²) in [4.78, 5) is 13.7. The maximum Gasteiger partial charge on any atom is 0.272 e. The fourth-order valence-corrected chi connectivity index (χ4v) is 6.18. The van der Waals surface area contributed by atoms with Gasteiger partial charge in [0.15, 0.2) is 5.69 Å². The normalized spacial score (nSPS) is 18.3. The highest BCUT2D eigenvalue weighted by atomic mass is 35.5. The number of amides is 1. The third kappa shape index (κ3) is 5.78. The lowest BCUT2D eigenvalue weighted by Crippen LogP contribution is -2.39. The topological polar surface area (TPSA) is 46.9 Å². The van der Waals surface area contributed by atoms with E-state index in [1.165, 1.54) is 31.4 Å². The molecule has 1 heterocycles. The summed E-state index contributed by atoms with van der Waals surface area (Å²) in [5.41, 5.74) is 4.91. The van der Waals surface area contributed by atoms with E-state index in [-0.39, 0.29) is 17.8 Å². The molecule has 2 aliphatic rings. The number of hydrogen-bond donors (Lipinski definition) is 1. The Hall–Kier alpha value is -2.63. The third-order valence-electron chi connectivity index (χ3n) is 7.69. The van der Waals surface area contributed by atoms with Crippen LogP contribution in [0.15, 0.2) is 42.5 Å². The number of fused-ring (bicyclic) bond motifs is 1. The van der Waals surface area contributed by atoms with Gasteiger partial charge in [0.2, 0.25) is 0 Å². The molecule has 1 N–H and O–H groups in total. The highest BCUT2D eigenvalue weighted by Crippen LogP contribution is 2.37. The van der Waals surface area contributed by atoms with Crippen LogP contribution in [0.1, 0.15) is 85.6 Å². The maximum atomic E-state index is 13.7. The summed E-state index contributed by atoms with van der Waals surface area (Å²) in [5.74, 6) is 0.0898. The summed E-state index contributed by atoms with van der Waals surface area (Å²) in [6.07, 6.45) is 11.6. The van der Waals surface area contributed by atoms with Gasteiger partial charge in [0, 0.05) is 16.6 Å². The third-order valence-corrected chi connectivity index (χ3v) is 8.23. The van der Waals surface area contributed by atoms with Crippen molar-refractivity contribution in [2.45, 2.75) is 70.8 Å². The van der Waals surface area contributed by atoms with Gasteiger partial charge in [0.25, 0.3) is 5.91 Å². The summed E-state index contributed by atoms with van der Waals surface area (Å²) >= 11 is 12.8. The second-order valence-electron chi connectivity index (χ2n) is 10.3. The van der Waals surface area contributed by atoms with Crippen molar-refractivity contribution in [3.8, 4) is 5.69 Å². The van der Waals surface area contributed by atoms with Gasteiger partial charge in [0.1, 0.15) is 5.82 Å². The van der Waals surface area contributed by atoms with E-state index in [1.807, 2.05) is 6.07 Å². The molecule has 0 bridgehead atoms. The number of nitrogens with zero attached hydrogens (tertiary/aromatic N) is 2. The highest BCUT2D eigenvalue weighted by molar-refractivity contribution is 6.35. The Morgan fingerprint density at radius 1 is 1.05 bits per heavy atom. The maximum absolute atomic E-state index is 13.7. The van der Waals surface area contributed by atoms with Gasteiger partial charge >= 0.3 is 0 Å². The fraction of sp³-hybridized carbons (Fsp3) is 0.400. The summed E-state index contributed by atoms with van der Waals surface area (Å²) in [6.45, 7) is 2.11. The molecule has 37 heavy (non-hydrogen) atoms. The first-order valence-electron chi connectivity index (χ1n) is 13.3. The van der Waals surface area contributed by atoms with Crippen molar-refractivity contribution in [2.24, 2.45) is 5.92 Å². The highest BCUT2D eigenvalue weighted by Gasteiger charge is 2.30. The molecule has 0 spiro atoms. The van der Waals surface area contributed by atoms with Crippen LogP contribution < -0.4 is 5.32 Å². The number of nitrogens with one attached hydrogen (secondary N) is 1. The average molecular weight is 541 g/mol. The fourth-order valence-electron chi connectivity index (χ4n) is 5.69. The predicted octanol–water partition coefficient (Wildman–Crippen LogP) is 8.28. The van der Waals surface area contributed by atoms with Crippen molar-refractivity contribution >= 4 is 40.8 Å². The number of carbonyl (C=O) groups is 1. The molecule has 2 aromatic carbocycles. The predicted molar refractivity (Wildman–Crippen MR) is 149 cm³/mol. The summed E-state index contributed by atoms with van der Waals surface area (Å²) in [6, 6.07) is 11.9. The minimum Gasteiger partial charge on any atom is -0.348 e. The molecule has 1 saturated carbocycles. The number of benzene rings is 2. The Balaban J connectivity index is 1.60. The second-order valence-corrected chi connectivity index (χ2v) is 11.1. The first kappa shape index (κ1) is 26.0. The zero-order chi connectivity index (χ0) is 25.9. The molecule has 194 valence electrons. The molecule has 0 aliphatic heterocycles. The molecule has 0 saturated heterocycles. The molecule has 0 radical (unpaired) electrons. The van der Waals surface area contributed by atoms with E-state index in [2.05, 4.69) is 18.3 Å². The number of allylic oxidation sites excluding steroid dienone is 1. The summed E-state index contributed by atoms with van der Waals surface area (Å²) in [5, 5.41) is 9.14. The van der Waals surface area contributed by atoms with Crippen LogP contribution in [0.3, 0.4) is 0 Å². The van der Waals surface area contributed by atoms with Gasteiger partial charge in [-0.15, -0.1) is 0 Å². The quantitative estimate of drug-likeness (QED) is 0.331. The van der Waals surface area contributed by atoms with Crippen LogP contribution in [0.5, 0.6) is 0 Å². The minimum absolute atomic E-state index is 0.0905. The molecular formula is C30H32Cl2FN3O. The number of halogens is 3. The number of carbonyl (C=O) groups excluding carboxylic acids is 1. The molecular weight excluding hydrogens is 508 g/mol. The van der Waals surface area contributed by atoms with E-state index in [1.54, 1.807) is 28.9 Å². The SMILES string of the molecule is C[C@H](NC(=O)c1nn(-c2ccc(Cl)cc2Cl)c2c1CCCCC2=Cc1ccc(F)cc1)C1CCCCC1. The van der Waals surface area contributed by atoms with Gasteiger partial charge in [-0.2, -0.15) is 5.10 Å². The molecule has 5 rings (SSSR count). The molecule has 2 aliphatic carbocycles. The van der Waals surface area contributed by atoms with E-state index < -0.39 is 0 Å². The van der Waals surface area contributed by atoms with Crippen molar-refractivity contribution in [3.05, 3.63) is 80.8 Å². The largest absolute Gasteiger partial charge is 0.348 e. The number of aromatic nitrogens is 2. The van der Waals surface area contributed by atoms with Gasteiger partial charge in [-0.05, 0) is 98.9 Å². The van der Waals surface area contributed by atoms with Crippen LogP contribution in [0.4, 0.5) is 4.39 Å². The molecule has 4 nitrogen and oxygen atoms in total. The Morgan fingerprint density at radius 2 is 1.78 bits per heavy atom. The van der Waals surface area contributed by atoms with Crippen molar-refractivity contribution in [1.82, 2.24) is 15.1 Å². The second kappa shape index (κ2) is 11.4. The van der Waals surface area contributed by atoms with Crippen molar-refractivity contribution in [3.63, 3.8) is 0 Å². The number of rotatable bonds is 5. The van der Waals surface area contributed by atoms with Crippen molar-refractivity contribution < 1.29 is 9.18 Å². The Labute approximate surface area is 227 Å². The van der Waals surface area contributed by atoms with Gasteiger partial charge < -0.3 is 5.32 Å². The van der Waals surface area contributed by atoms with Crippen LogP contribution in [0.2, 0.25) is 10.0 Å². The van der Waals surface area contributed by atoms with E-state index in [9.17, 15) is 9.18 Å². The molecule has 0 unspecified atom stereocenters. The van der Waals surface area contributed by atoms with Gasteiger partial charge in [-0.25, -0.2) is 9.07 Å². The van der Waals surface area contributed by atoms with Gasteiger partial charge in [0.05, 0.1) is 16.4 Å². The average Bonchev–Trinajstić information content (AvgIpc) is 3.14. The standard InChI is InChI=1S/C30H32Cl2FN3O/c1-19(21-7-3-2-4-8-21)34-30(37)28-25-10-6-5-9-22(17-20-11-14-24(33)15-12-20)29(25)36(35-28)27-16-13-23(31)18-26(27)32/h11-19,21H,2-10H2,1H3,(H,34,37)/t19-/m0/s1. The van der Waals surface area contributed by atoms with Crippen LogP contribution in [0, 0.1) is 11.7 Å². The summed E-state index contributed by atoms with van der Waals surface area (Å²) in [7, 11) is 0. The van der Waals surface area contributed by atoms with Gasteiger partial charge in [-0.1, -0.05) is 54.6 Å². The molecule has 3 aromatic rings. The van der Waals surface area contributed by atoms with Crippen LogP contribution in [-0.4, -0.2) is 21.7 Å². The van der Waals surface area contributed by atoms with E-state index >= 15 is 0 Å². The van der Waals surface area contributed by atoms with Crippen LogP contribution in [0.25, 0.3) is 17.3 Å². The molecule has 1 aromatic heterocycles. The van der Waals surface area contributed by atoms with E-state index in [0.29, 0.717) is 27.3 Å². The van der Waals surface area contributed by atoms with E-state index in [0.717, 1.165) is 60.9 Å². The zero-order valence-electron chi connectivity index (χ0n) is 21.1. The van der Waals surface area contributed by atoms with E-state index in [4.69, 9.17) is 28.3 Å². The molecule has 1 atom stereocenters. The monoisotopic (exact) mass is 539 g/mol. The van der Waals surface area contributed by atoms with Crippen LogP contribution >= 0.6 is 23.2 Å². The Kier molecular flexibility index (Phi) is 8.01. The first-order valence-corrected chi connectivity index (χ1v) is 14.0. The molecule has 1 fully saturated rings. The van der Waals surface area contributed by atoms with Crippen molar-refractivity contribution in [2.75, 3.05) is 0 Å². The molecule has 1 amide bonds. The first-order chi connectivity index (χ1) is 17.9. The minimum atomic E-state index is -0.271. The van der Waals surface area contributed by atoms with Crippen molar-refractivity contribution in [1.29, 1.82) is 0 Å². The smallest absolute Gasteiger partial charge is 0.272 e. The number of hydrogen-bond acceptors (Lipinski definition) is 2. The molecule has 7 heteroatoms. The van der Waals surface area contributed by atoms with Gasteiger partial charge in [-0.3, -0.25) is 4.79 Å². The lowest BCUT2D eigenvalue weighted by Gasteiger charge is -2.28. The Bertz CT molecular complexity index is 1310. The zero-order valence-corrected chi connectivity index (χ0v) is 22.6. The Morgan fingerprint density at radius 3 is 2.51 bits per heavy atom. The summed E-state index contributed by atoms with van der Waals surface area (Å²) < 4.78 is 15.4. The van der Waals surface area contributed by atoms with Crippen LogP contribution in [-0.2, 0) is 6.42 Å². The lowest BCUT2D eigenvalue weighted by atomic mass is 9.84. The lowest BCUT2D eigenvalue weighted by molar-refractivity contribution is 0.0912.